The van der Waals surface area contributed by atoms with Gasteiger partial charge in [-0.05, 0) is 12.1 Å². The maximum atomic E-state index is 10.6. The van der Waals surface area contributed by atoms with E-state index in [1.807, 2.05) is 30.3 Å². The molecule has 6 heteroatoms. The summed E-state index contributed by atoms with van der Waals surface area (Å²) in [5.74, 6) is -1.04. The number of aromatic nitrogens is 3. The van der Waals surface area contributed by atoms with E-state index in [9.17, 15) is 4.79 Å². The van der Waals surface area contributed by atoms with E-state index in [1.165, 1.54) is 11.0 Å². The summed E-state index contributed by atoms with van der Waals surface area (Å²) in [5.41, 5.74) is 6.80. The third-order valence-corrected chi connectivity index (χ3v) is 2.27. The van der Waals surface area contributed by atoms with Gasteiger partial charge in [-0.1, -0.05) is 18.2 Å². The summed E-state index contributed by atoms with van der Waals surface area (Å²) in [6.07, 6.45) is 1.69. The summed E-state index contributed by atoms with van der Waals surface area (Å²) in [6, 6.07) is 8.43. The first kappa shape index (κ1) is 11.3. The number of benzene rings is 1. The van der Waals surface area contributed by atoms with Gasteiger partial charge in [0.2, 0.25) is 0 Å². The molecule has 1 aromatic carbocycles. The Morgan fingerprint density at radius 1 is 1.41 bits per heavy atom. The molecule has 0 fully saturated rings. The van der Waals surface area contributed by atoms with E-state index < -0.39 is 12.0 Å². The van der Waals surface area contributed by atoms with Crippen molar-refractivity contribution in [2.45, 2.75) is 12.5 Å². The van der Waals surface area contributed by atoms with Crippen LogP contribution in [0.5, 0.6) is 0 Å². The lowest BCUT2D eigenvalue weighted by atomic mass is 10.2. The molecule has 1 aromatic heterocycles. The van der Waals surface area contributed by atoms with E-state index in [4.69, 9.17) is 10.8 Å². The van der Waals surface area contributed by atoms with Crippen LogP contribution in [0, 0.1) is 0 Å². The quantitative estimate of drug-likeness (QED) is 0.786. The maximum absolute atomic E-state index is 10.6. The Morgan fingerprint density at radius 3 is 2.76 bits per heavy atom. The van der Waals surface area contributed by atoms with Crippen molar-refractivity contribution in [3.8, 4) is 5.69 Å². The zero-order valence-electron chi connectivity index (χ0n) is 9.02. The average Bonchev–Trinajstić information content (AvgIpc) is 2.78. The summed E-state index contributed by atoms with van der Waals surface area (Å²) in [7, 11) is 0. The normalized spacial score (nSPS) is 12.3. The van der Waals surface area contributed by atoms with Crippen LogP contribution in [0.3, 0.4) is 0 Å². The van der Waals surface area contributed by atoms with E-state index >= 15 is 0 Å². The smallest absolute Gasteiger partial charge is 0.320 e. The molecule has 6 nitrogen and oxygen atoms in total. The van der Waals surface area contributed by atoms with Crippen LogP contribution in [-0.4, -0.2) is 32.1 Å². The number of para-hydroxylation sites is 1. The fraction of sp³-hybridized carbons (Fsp3) is 0.182. The first-order chi connectivity index (χ1) is 8.16. The van der Waals surface area contributed by atoms with E-state index in [2.05, 4.69) is 10.2 Å². The largest absolute Gasteiger partial charge is 0.480 e. The Hall–Kier alpha value is -2.21. The van der Waals surface area contributed by atoms with Crippen molar-refractivity contribution < 1.29 is 9.90 Å². The maximum Gasteiger partial charge on any atom is 0.320 e. The first-order valence-electron chi connectivity index (χ1n) is 5.12. The second-order valence-electron chi connectivity index (χ2n) is 3.61. The molecular formula is C11H12N4O2. The van der Waals surface area contributed by atoms with Crippen LogP contribution in [0.25, 0.3) is 5.69 Å². The number of carbonyl (C=O) groups is 1. The van der Waals surface area contributed by atoms with Crippen molar-refractivity contribution in [2.24, 2.45) is 5.73 Å². The number of carboxylic acid groups (broad SMARTS) is 1. The van der Waals surface area contributed by atoms with Gasteiger partial charge < -0.3 is 10.8 Å². The van der Waals surface area contributed by atoms with E-state index in [0.29, 0.717) is 5.69 Å². The molecule has 0 radical (unpaired) electrons. The number of hydrogen-bond acceptors (Lipinski definition) is 4. The van der Waals surface area contributed by atoms with E-state index in [-0.39, 0.29) is 6.42 Å². The molecule has 1 unspecified atom stereocenters. The van der Waals surface area contributed by atoms with Crippen LogP contribution >= 0.6 is 0 Å². The Labute approximate surface area is 97.7 Å². The zero-order chi connectivity index (χ0) is 12.3. The lowest BCUT2D eigenvalue weighted by Gasteiger charge is -2.02. The highest BCUT2D eigenvalue weighted by molar-refractivity contribution is 5.73. The lowest BCUT2D eigenvalue weighted by Crippen LogP contribution is -2.32. The highest BCUT2D eigenvalue weighted by atomic mass is 16.4. The predicted molar refractivity (Wildman–Crippen MR) is 60.7 cm³/mol. The fourth-order valence-corrected chi connectivity index (χ4v) is 1.39. The van der Waals surface area contributed by atoms with Crippen molar-refractivity contribution in [3.05, 3.63) is 42.2 Å². The lowest BCUT2D eigenvalue weighted by molar-refractivity contribution is -0.138. The molecule has 0 saturated carbocycles. The summed E-state index contributed by atoms with van der Waals surface area (Å²) < 4.78 is 0. The van der Waals surface area contributed by atoms with Gasteiger partial charge in [0.15, 0.2) is 0 Å². The van der Waals surface area contributed by atoms with Crippen LogP contribution < -0.4 is 5.73 Å². The SMILES string of the molecule is NC(Cc1cnn(-c2ccccc2)n1)C(=O)O. The predicted octanol–water partition coefficient (Wildman–Crippen LogP) is 0.222. The number of aliphatic carboxylic acids is 1. The summed E-state index contributed by atoms with van der Waals surface area (Å²) >= 11 is 0. The van der Waals surface area contributed by atoms with Gasteiger partial charge in [0.25, 0.3) is 0 Å². The molecule has 0 aliphatic rings. The molecule has 0 bridgehead atoms. The third kappa shape index (κ3) is 2.67. The number of hydrogen-bond donors (Lipinski definition) is 2. The second kappa shape index (κ2) is 4.75. The minimum absolute atomic E-state index is 0.169. The van der Waals surface area contributed by atoms with Gasteiger partial charge in [-0.3, -0.25) is 4.79 Å². The van der Waals surface area contributed by atoms with Crippen molar-refractivity contribution in [1.82, 2.24) is 15.0 Å². The van der Waals surface area contributed by atoms with E-state index in [1.54, 1.807) is 0 Å². The molecule has 3 N–H and O–H groups in total. The Kier molecular flexibility index (Phi) is 3.15. The minimum atomic E-state index is -1.04. The molecule has 2 aromatic rings. The highest BCUT2D eigenvalue weighted by Gasteiger charge is 2.14. The molecule has 0 aliphatic carbocycles. The molecule has 1 heterocycles. The van der Waals surface area contributed by atoms with Gasteiger partial charge in [0, 0.05) is 6.42 Å². The molecule has 0 spiro atoms. The molecule has 0 saturated heterocycles. The number of nitrogens with zero attached hydrogens (tertiary/aromatic N) is 3. The number of rotatable bonds is 4. The van der Waals surface area contributed by atoms with Gasteiger partial charge in [-0.25, -0.2) is 0 Å². The number of carboxylic acids is 1. The van der Waals surface area contributed by atoms with Gasteiger partial charge in [0.1, 0.15) is 6.04 Å². The Morgan fingerprint density at radius 2 is 2.12 bits per heavy atom. The van der Waals surface area contributed by atoms with Crippen molar-refractivity contribution >= 4 is 5.97 Å². The van der Waals surface area contributed by atoms with Crippen LogP contribution in [0.2, 0.25) is 0 Å². The zero-order valence-corrected chi connectivity index (χ0v) is 9.02. The van der Waals surface area contributed by atoms with Crippen molar-refractivity contribution in [2.75, 3.05) is 0 Å². The minimum Gasteiger partial charge on any atom is -0.480 e. The topological polar surface area (TPSA) is 94.0 Å². The number of nitrogens with two attached hydrogens (primary N) is 1. The van der Waals surface area contributed by atoms with Gasteiger partial charge in [0.05, 0.1) is 17.6 Å². The molecule has 88 valence electrons. The monoisotopic (exact) mass is 232 g/mol. The molecule has 1 atom stereocenters. The van der Waals surface area contributed by atoms with Crippen LogP contribution in [-0.2, 0) is 11.2 Å². The summed E-state index contributed by atoms with van der Waals surface area (Å²) in [6.45, 7) is 0. The molecule has 17 heavy (non-hydrogen) atoms. The fourth-order valence-electron chi connectivity index (χ4n) is 1.39. The second-order valence-corrected chi connectivity index (χ2v) is 3.61. The van der Waals surface area contributed by atoms with Crippen molar-refractivity contribution in [3.63, 3.8) is 0 Å². The van der Waals surface area contributed by atoms with Gasteiger partial charge in [-0.2, -0.15) is 15.0 Å². The Balaban J connectivity index is 2.14. The highest BCUT2D eigenvalue weighted by Crippen LogP contribution is 2.05. The summed E-state index contributed by atoms with van der Waals surface area (Å²) in [5, 5.41) is 16.9. The van der Waals surface area contributed by atoms with E-state index in [0.717, 1.165) is 5.69 Å². The van der Waals surface area contributed by atoms with Crippen LogP contribution in [0.15, 0.2) is 36.5 Å². The first-order valence-corrected chi connectivity index (χ1v) is 5.12. The average molecular weight is 232 g/mol. The molecule has 0 aliphatic heterocycles. The molecule has 2 rings (SSSR count). The van der Waals surface area contributed by atoms with Crippen molar-refractivity contribution in [1.29, 1.82) is 0 Å². The standard InChI is InChI=1S/C11H12N4O2/c12-10(11(16)17)6-8-7-13-15(14-8)9-4-2-1-3-5-9/h1-5,7,10H,6,12H2,(H,16,17). The van der Waals surface area contributed by atoms with Crippen LogP contribution in [0.1, 0.15) is 5.69 Å². The summed E-state index contributed by atoms with van der Waals surface area (Å²) in [4.78, 5) is 12.0. The Bertz CT molecular complexity index is 509. The molecular weight excluding hydrogens is 220 g/mol. The third-order valence-electron chi connectivity index (χ3n) is 2.27. The molecule has 0 amide bonds. The van der Waals surface area contributed by atoms with Crippen LogP contribution in [0.4, 0.5) is 0 Å². The van der Waals surface area contributed by atoms with Gasteiger partial charge in [-0.15, -0.1) is 0 Å². The van der Waals surface area contributed by atoms with Gasteiger partial charge >= 0.3 is 5.97 Å².